The van der Waals surface area contributed by atoms with E-state index < -0.39 is 11.5 Å². The molecule has 2 rings (SSSR count). The second-order valence-electron chi connectivity index (χ2n) is 5.21. The van der Waals surface area contributed by atoms with Crippen molar-refractivity contribution in [1.29, 1.82) is 0 Å². The topological polar surface area (TPSA) is 76.7 Å². The Labute approximate surface area is 123 Å². The van der Waals surface area contributed by atoms with Gasteiger partial charge in [0.25, 0.3) is 0 Å². The molecule has 0 radical (unpaired) electrons. The zero-order valence-electron chi connectivity index (χ0n) is 12.3. The highest BCUT2D eigenvalue weighted by Gasteiger charge is 2.35. The Morgan fingerprint density at radius 2 is 2.05 bits per heavy atom. The summed E-state index contributed by atoms with van der Waals surface area (Å²) in [4.78, 5) is 23.2. The smallest absolute Gasteiger partial charge is 0.343 e. The molecule has 2 N–H and O–H groups in total. The summed E-state index contributed by atoms with van der Waals surface area (Å²) in [6.45, 7) is 2.64. The van der Waals surface area contributed by atoms with Crippen molar-refractivity contribution < 1.29 is 19.1 Å². The molecule has 0 bridgehead atoms. The van der Waals surface area contributed by atoms with Gasteiger partial charge in [0.05, 0.1) is 12.6 Å². The van der Waals surface area contributed by atoms with Crippen LogP contribution in [0.4, 0.5) is 5.69 Å². The maximum Gasteiger partial charge on any atom is 0.343 e. The number of carbonyl (C=O) groups excluding carboxylic acids is 2. The molecular weight excluding hydrogens is 272 g/mol. The van der Waals surface area contributed by atoms with Crippen molar-refractivity contribution in [3.63, 3.8) is 0 Å². The largest absolute Gasteiger partial charge is 0.482 e. The van der Waals surface area contributed by atoms with E-state index in [2.05, 4.69) is 15.4 Å². The molecule has 1 aliphatic rings. The Balaban J connectivity index is 1.90. The van der Waals surface area contributed by atoms with Gasteiger partial charge in [0.1, 0.15) is 5.75 Å². The average Bonchev–Trinajstić information content (AvgIpc) is 2.94. The quantitative estimate of drug-likeness (QED) is 0.800. The van der Waals surface area contributed by atoms with Crippen LogP contribution in [0.2, 0.25) is 0 Å². The fourth-order valence-corrected chi connectivity index (χ4v) is 2.19. The summed E-state index contributed by atoms with van der Waals surface area (Å²) in [7, 11) is 1.31. The van der Waals surface area contributed by atoms with Crippen molar-refractivity contribution >= 4 is 17.6 Å². The molecule has 0 aliphatic carbocycles. The van der Waals surface area contributed by atoms with Crippen LogP contribution in [0.3, 0.4) is 0 Å². The van der Waals surface area contributed by atoms with Crippen LogP contribution in [0.15, 0.2) is 24.3 Å². The maximum absolute atomic E-state index is 12.2. The number of esters is 1. The third-order valence-electron chi connectivity index (χ3n) is 3.57. The molecule has 6 nitrogen and oxygen atoms in total. The van der Waals surface area contributed by atoms with Crippen LogP contribution in [0.1, 0.15) is 19.8 Å². The lowest BCUT2D eigenvalue weighted by molar-refractivity contribution is -0.142. The average molecular weight is 292 g/mol. The van der Waals surface area contributed by atoms with Crippen molar-refractivity contribution in [1.82, 2.24) is 5.32 Å². The first-order chi connectivity index (χ1) is 10.0. The van der Waals surface area contributed by atoms with Crippen LogP contribution >= 0.6 is 0 Å². The minimum Gasteiger partial charge on any atom is -0.482 e. The normalized spacial score (nSPS) is 20.9. The standard InChI is InChI=1S/C15H20N2O4/c1-15(8-3-9-16-15)14(19)17-11-4-6-12(7-5-11)21-10-13(18)20-2/h4-7,16H,3,8-10H2,1-2H3,(H,17,19). The number of hydrogen-bond acceptors (Lipinski definition) is 5. The molecule has 1 fully saturated rings. The molecule has 114 valence electrons. The summed E-state index contributed by atoms with van der Waals surface area (Å²) in [5, 5.41) is 6.09. The van der Waals surface area contributed by atoms with Gasteiger partial charge in [-0.1, -0.05) is 0 Å². The second-order valence-corrected chi connectivity index (χ2v) is 5.21. The molecule has 1 aromatic rings. The Morgan fingerprint density at radius 3 is 2.62 bits per heavy atom. The lowest BCUT2D eigenvalue weighted by Gasteiger charge is -2.23. The Kier molecular flexibility index (Phi) is 4.80. The number of ether oxygens (including phenoxy) is 2. The van der Waals surface area contributed by atoms with E-state index in [-0.39, 0.29) is 12.5 Å². The molecule has 1 aromatic carbocycles. The predicted molar refractivity (Wildman–Crippen MR) is 78.2 cm³/mol. The number of rotatable bonds is 5. The van der Waals surface area contributed by atoms with Gasteiger partial charge < -0.3 is 20.1 Å². The molecule has 1 amide bonds. The highest BCUT2D eigenvalue weighted by Crippen LogP contribution is 2.22. The Bertz CT molecular complexity index is 507. The third-order valence-corrected chi connectivity index (χ3v) is 3.57. The van der Waals surface area contributed by atoms with E-state index in [1.807, 2.05) is 6.92 Å². The molecule has 1 atom stereocenters. The first kappa shape index (κ1) is 15.3. The number of nitrogens with one attached hydrogen (secondary N) is 2. The molecular formula is C15H20N2O4. The van der Waals surface area contributed by atoms with Gasteiger partial charge in [-0.25, -0.2) is 4.79 Å². The lowest BCUT2D eigenvalue weighted by atomic mass is 9.99. The molecule has 1 aliphatic heterocycles. The number of anilines is 1. The Morgan fingerprint density at radius 1 is 1.33 bits per heavy atom. The molecule has 0 aromatic heterocycles. The summed E-state index contributed by atoms with van der Waals surface area (Å²) < 4.78 is 9.73. The first-order valence-corrected chi connectivity index (χ1v) is 6.90. The van der Waals surface area contributed by atoms with E-state index in [0.717, 1.165) is 19.4 Å². The van der Waals surface area contributed by atoms with Gasteiger partial charge in [0, 0.05) is 5.69 Å². The van der Waals surface area contributed by atoms with E-state index in [1.165, 1.54) is 7.11 Å². The maximum atomic E-state index is 12.2. The third kappa shape index (κ3) is 3.95. The Hall–Kier alpha value is -2.08. The monoisotopic (exact) mass is 292 g/mol. The molecule has 1 unspecified atom stereocenters. The van der Waals surface area contributed by atoms with E-state index >= 15 is 0 Å². The van der Waals surface area contributed by atoms with Crippen LogP contribution in [-0.2, 0) is 14.3 Å². The summed E-state index contributed by atoms with van der Waals surface area (Å²) in [6.07, 6.45) is 1.84. The second kappa shape index (κ2) is 6.58. The van der Waals surface area contributed by atoms with Gasteiger partial charge in [-0.15, -0.1) is 0 Å². The number of benzene rings is 1. The molecule has 0 saturated carbocycles. The van der Waals surface area contributed by atoms with E-state index in [9.17, 15) is 9.59 Å². The fourth-order valence-electron chi connectivity index (χ4n) is 2.19. The minimum absolute atomic E-state index is 0.0387. The van der Waals surface area contributed by atoms with Gasteiger partial charge in [-0.2, -0.15) is 0 Å². The molecule has 0 spiro atoms. The number of hydrogen-bond donors (Lipinski definition) is 2. The molecule has 1 heterocycles. The SMILES string of the molecule is COC(=O)COc1ccc(NC(=O)C2(C)CCCN2)cc1. The summed E-state index contributed by atoms with van der Waals surface area (Å²) in [5.74, 6) is 0.0689. The summed E-state index contributed by atoms with van der Waals surface area (Å²) in [5.41, 5.74) is 0.195. The highest BCUT2D eigenvalue weighted by molar-refractivity contribution is 5.98. The molecule has 1 saturated heterocycles. The summed E-state index contributed by atoms with van der Waals surface area (Å²) >= 11 is 0. The van der Waals surface area contributed by atoms with E-state index in [4.69, 9.17) is 4.74 Å². The highest BCUT2D eigenvalue weighted by atomic mass is 16.6. The predicted octanol–water partition coefficient (Wildman–Crippen LogP) is 1.32. The van der Waals surface area contributed by atoms with Crippen LogP contribution < -0.4 is 15.4 Å². The van der Waals surface area contributed by atoms with Crippen LogP contribution in [0.5, 0.6) is 5.75 Å². The van der Waals surface area contributed by atoms with Crippen LogP contribution in [0, 0.1) is 0 Å². The zero-order valence-corrected chi connectivity index (χ0v) is 12.3. The number of carbonyl (C=O) groups is 2. The van der Waals surface area contributed by atoms with Crippen molar-refractivity contribution in [3.05, 3.63) is 24.3 Å². The van der Waals surface area contributed by atoms with Gasteiger partial charge in [0.2, 0.25) is 5.91 Å². The lowest BCUT2D eigenvalue weighted by Crippen LogP contribution is -2.47. The van der Waals surface area contributed by atoms with E-state index in [0.29, 0.717) is 11.4 Å². The van der Waals surface area contributed by atoms with Crippen molar-refractivity contribution in [2.45, 2.75) is 25.3 Å². The number of amides is 1. The van der Waals surface area contributed by atoms with Crippen molar-refractivity contribution in [2.24, 2.45) is 0 Å². The molecule has 6 heteroatoms. The fraction of sp³-hybridized carbons (Fsp3) is 0.467. The first-order valence-electron chi connectivity index (χ1n) is 6.90. The number of methoxy groups -OCH3 is 1. The zero-order chi connectivity index (χ0) is 15.3. The minimum atomic E-state index is -0.500. The van der Waals surface area contributed by atoms with Crippen molar-refractivity contribution in [3.8, 4) is 5.75 Å². The van der Waals surface area contributed by atoms with E-state index in [1.54, 1.807) is 24.3 Å². The van der Waals surface area contributed by atoms with Gasteiger partial charge in [-0.3, -0.25) is 4.79 Å². The van der Waals surface area contributed by atoms with Crippen LogP contribution in [-0.4, -0.2) is 37.7 Å². The van der Waals surface area contributed by atoms with Gasteiger partial charge >= 0.3 is 5.97 Å². The van der Waals surface area contributed by atoms with Crippen LogP contribution in [0.25, 0.3) is 0 Å². The van der Waals surface area contributed by atoms with Crippen molar-refractivity contribution in [2.75, 3.05) is 25.6 Å². The summed E-state index contributed by atoms with van der Waals surface area (Å²) in [6, 6.07) is 6.87. The molecule has 21 heavy (non-hydrogen) atoms. The van der Waals surface area contributed by atoms with Gasteiger partial charge in [-0.05, 0) is 50.6 Å². The van der Waals surface area contributed by atoms with Gasteiger partial charge in [0.15, 0.2) is 6.61 Å².